The number of piperazine rings is 1. The molecule has 1 fully saturated rings. The fraction of sp³-hybridized carbons (Fsp3) is 0.316. The maximum Gasteiger partial charge on any atom is 0.317 e. The fourth-order valence-corrected chi connectivity index (χ4v) is 3.41. The highest BCUT2D eigenvalue weighted by Crippen LogP contribution is 2.32. The Morgan fingerprint density at radius 3 is 2.52 bits per heavy atom. The zero-order chi connectivity index (χ0) is 17.8. The zero-order valence-electron chi connectivity index (χ0n) is 14.1. The average molecular weight is 378 g/mol. The van der Waals surface area contributed by atoms with Crippen molar-refractivity contribution in [1.29, 1.82) is 0 Å². The first-order valence-electron chi connectivity index (χ1n) is 8.32. The second-order valence-electron chi connectivity index (χ2n) is 6.19. The molecule has 1 saturated heterocycles. The lowest BCUT2D eigenvalue weighted by Gasteiger charge is -2.36. The molecule has 0 radical (unpaired) electrons. The summed E-state index contributed by atoms with van der Waals surface area (Å²) in [5.41, 5.74) is 3.23. The quantitative estimate of drug-likeness (QED) is 0.863. The Kier molecular flexibility index (Phi) is 5.71. The van der Waals surface area contributed by atoms with Gasteiger partial charge in [0, 0.05) is 32.7 Å². The molecule has 0 saturated carbocycles. The van der Waals surface area contributed by atoms with Gasteiger partial charge in [-0.1, -0.05) is 59.1 Å². The number of nitrogens with one attached hydrogen (secondary N) is 1. The van der Waals surface area contributed by atoms with E-state index in [1.54, 1.807) is 6.07 Å². The summed E-state index contributed by atoms with van der Waals surface area (Å²) in [7, 11) is 0. The van der Waals surface area contributed by atoms with Crippen LogP contribution < -0.4 is 10.2 Å². The van der Waals surface area contributed by atoms with Gasteiger partial charge in [0.2, 0.25) is 0 Å². The van der Waals surface area contributed by atoms with Gasteiger partial charge in [0.15, 0.2) is 0 Å². The van der Waals surface area contributed by atoms with Crippen LogP contribution in [0.15, 0.2) is 42.5 Å². The van der Waals surface area contributed by atoms with Gasteiger partial charge in [-0.25, -0.2) is 4.79 Å². The Morgan fingerprint density at radius 1 is 1.08 bits per heavy atom. The second-order valence-corrected chi connectivity index (χ2v) is 6.98. The van der Waals surface area contributed by atoms with Crippen LogP contribution in [0.5, 0.6) is 0 Å². The molecule has 1 aliphatic rings. The van der Waals surface area contributed by atoms with E-state index in [1.165, 1.54) is 5.56 Å². The van der Waals surface area contributed by atoms with Crippen LogP contribution in [0.3, 0.4) is 0 Å². The molecule has 1 heterocycles. The van der Waals surface area contributed by atoms with Crippen LogP contribution in [-0.4, -0.2) is 37.1 Å². The van der Waals surface area contributed by atoms with Gasteiger partial charge in [0.25, 0.3) is 0 Å². The molecular formula is C19H21Cl2N3O. The lowest BCUT2D eigenvalue weighted by atomic mass is 10.1. The highest BCUT2D eigenvalue weighted by molar-refractivity contribution is 6.43. The molecule has 25 heavy (non-hydrogen) atoms. The third kappa shape index (κ3) is 4.39. The Labute approximate surface area is 158 Å². The molecule has 0 atom stereocenters. The van der Waals surface area contributed by atoms with Crippen LogP contribution in [0.1, 0.15) is 11.1 Å². The molecule has 2 aromatic carbocycles. The van der Waals surface area contributed by atoms with Crippen LogP contribution in [0.4, 0.5) is 10.5 Å². The summed E-state index contributed by atoms with van der Waals surface area (Å²) in [6.45, 7) is 5.37. The van der Waals surface area contributed by atoms with E-state index >= 15 is 0 Å². The predicted molar refractivity (Wildman–Crippen MR) is 104 cm³/mol. The van der Waals surface area contributed by atoms with Gasteiger partial charge < -0.3 is 15.1 Å². The lowest BCUT2D eigenvalue weighted by Crippen LogP contribution is -2.51. The average Bonchev–Trinajstić information content (AvgIpc) is 2.62. The van der Waals surface area contributed by atoms with E-state index in [2.05, 4.69) is 16.3 Å². The first-order valence-corrected chi connectivity index (χ1v) is 9.07. The SMILES string of the molecule is Cc1cccc(CNC(=O)N2CCN(c3cccc(Cl)c3Cl)CC2)c1. The molecule has 0 aliphatic carbocycles. The third-order valence-corrected chi connectivity index (χ3v) is 5.17. The maximum atomic E-state index is 12.4. The van der Waals surface area contributed by atoms with Crippen molar-refractivity contribution >= 4 is 34.9 Å². The number of amides is 2. The number of halogens is 2. The minimum absolute atomic E-state index is 0.0293. The zero-order valence-corrected chi connectivity index (χ0v) is 15.6. The number of aryl methyl sites for hydroxylation is 1. The summed E-state index contributed by atoms with van der Waals surface area (Å²) < 4.78 is 0. The molecular weight excluding hydrogens is 357 g/mol. The van der Waals surface area contributed by atoms with Gasteiger partial charge in [-0.2, -0.15) is 0 Å². The van der Waals surface area contributed by atoms with E-state index in [4.69, 9.17) is 23.2 Å². The number of hydrogen-bond donors (Lipinski definition) is 1. The molecule has 0 aromatic heterocycles. The van der Waals surface area contributed by atoms with Gasteiger partial charge in [-0.15, -0.1) is 0 Å². The highest BCUT2D eigenvalue weighted by atomic mass is 35.5. The number of carbonyl (C=O) groups is 1. The number of rotatable bonds is 3. The van der Waals surface area contributed by atoms with E-state index in [1.807, 2.05) is 42.2 Å². The lowest BCUT2D eigenvalue weighted by molar-refractivity contribution is 0.194. The van der Waals surface area contributed by atoms with E-state index < -0.39 is 0 Å². The minimum atomic E-state index is -0.0293. The monoisotopic (exact) mass is 377 g/mol. The van der Waals surface area contributed by atoms with E-state index in [0.29, 0.717) is 29.7 Å². The molecule has 1 N–H and O–H groups in total. The normalized spacial score (nSPS) is 14.5. The molecule has 1 aliphatic heterocycles. The van der Waals surface area contributed by atoms with Crippen LogP contribution in [-0.2, 0) is 6.54 Å². The maximum absolute atomic E-state index is 12.4. The molecule has 0 unspecified atom stereocenters. The van der Waals surface area contributed by atoms with E-state index in [9.17, 15) is 4.79 Å². The molecule has 2 amide bonds. The van der Waals surface area contributed by atoms with Crippen LogP contribution in [0.25, 0.3) is 0 Å². The number of carbonyl (C=O) groups excluding carboxylic acids is 1. The van der Waals surface area contributed by atoms with Crippen LogP contribution >= 0.6 is 23.2 Å². The summed E-state index contributed by atoms with van der Waals surface area (Å²) in [4.78, 5) is 16.4. The van der Waals surface area contributed by atoms with Crippen molar-refractivity contribution in [2.45, 2.75) is 13.5 Å². The first kappa shape index (κ1) is 17.9. The summed E-state index contributed by atoms with van der Waals surface area (Å²) >= 11 is 12.4. The van der Waals surface area contributed by atoms with Crippen molar-refractivity contribution in [1.82, 2.24) is 10.2 Å². The van der Waals surface area contributed by atoms with Gasteiger partial charge in [0.05, 0.1) is 15.7 Å². The number of benzene rings is 2. The highest BCUT2D eigenvalue weighted by Gasteiger charge is 2.22. The van der Waals surface area contributed by atoms with Gasteiger partial charge in [-0.05, 0) is 24.6 Å². The molecule has 132 valence electrons. The Balaban J connectivity index is 1.53. The topological polar surface area (TPSA) is 35.6 Å². The molecule has 4 nitrogen and oxygen atoms in total. The summed E-state index contributed by atoms with van der Waals surface area (Å²) in [6.07, 6.45) is 0. The predicted octanol–water partition coefficient (Wildman–Crippen LogP) is 4.33. The standard InChI is InChI=1S/C19H21Cl2N3O/c1-14-4-2-5-15(12-14)13-22-19(25)24-10-8-23(9-11-24)17-7-3-6-16(20)18(17)21/h2-7,12H,8-11,13H2,1H3,(H,22,25). The van der Waals surface area contributed by atoms with Crippen molar-refractivity contribution in [3.05, 3.63) is 63.6 Å². The third-order valence-electron chi connectivity index (χ3n) is 4.37. The first-order chi connectivity index (χ1) is 12.0. The minimum Gasteiger partial charge on any atom is -0.367 e. The summed E-state index contributed by atoms with van der Waals surface area (Å²) in [6, 6.07) is 13.8. The molecule has 0 spiro atoms. The van der Waals surface area contributed by atoms with Gasteiger partial charge in [0.1, 0.15) is 0 Å². The van der Waals surface area contributed by atoms with Crippen molar-refractivity contribution in [2.75, 3.05) is 31.1 Å². The van der Waals surface area contributed by atoms with E-state index in [-0.39, 0.29) is 6.03 Å². The van der Waals surface area contributed by atoms with Gasteiger partial charge in [-0.3, -0.25) is 0 Å². The van der Waals surface area contributed by atoms with Crippen molar-refractivity contribution in [3.63, 3.8) is 0 Å². The number of hydrogen-bond acceptors (Lipinski definition) is 2. The molecule has 3 rings (SSSR count). The Bertz CT molecular complexity index is 758. The van der Waals surface area contributed by atoms with E-state index in [0.717, 1.165) is 24.3 Å². The molecule has 0 bridgehead atoms. The fourth-order valence-electron chi connectivity index (χ4n) is 3.00. The van der Waals surface area contributed by atoms with Crippen molar-refractivity contribution < 1.29 is 4.79 Å². The molecule has 2 aromatic rings. The largest absolute Gasteiger partial charge is 0.367 e. The summed E-state index contributed by atoms with van der Waals surface area (Å²) in [5, 5.41) is 4.12. The number of nitrogens with zero attached hydrogens (tertiary/aromatic N) is 2. The Morgan fingerprint density at radius 2 is 1.80 bits per heavy atom. The Hall–Kier alpha value is -1.91. The molecule has 6 heteroatoms. The number of anilines is 1. The van der Waals surface area contributed by atoms with Crippen LogP contribution in [0.2, 0.25) is 10.0 Å². The van der Waals surface area contributed by atoms with Crippen molar-refractivity contribution in [2.24, 2.45) is 0 Å². The van der Waals surface area contributed by atoms with Crippen LogP contribution in [0, 0.1) is 6.92 Å². The second kappa shape index (κ2) is 7.98. The smallest absolute Gasteiger partial charge is 0.317 e. The van der Waals surface area contributed by atoms with Gasteiger partial charge >= 0.3 is 6.03 Å². The number of urea groups is 1. The summed E-state index contributed by atoms with van der Waals surface area (Å²) in [5.74, 6) is 0. The van der Waals surface area contributed by atoms with Crippen molar-refractivity contribution in [3.8, 4) is 0 Å².